The molecular formula is C23H24O3. The number of hydrogen-bond donors (Lipinski definition) is 1. The summed E-state index contributed by atoms with van der Waals surface area (Å²) in [6.07, 6.45) is 6.28. The number of aliphatic hydroxyl groups is 1. The van der Waals surface area contributed by atoms with E-state index in [2.05, 4.69) is 0 Å². The average molecular weight is 348 g/mol. The van der Waals surface area contributed by atoms with Crippen LogP contribution in [-0.2, 0) is 4.79 Å². The second-order valence-corrected chi connectivity index (χ2v) is 6.99. The zero-order valence-corrected chi connectivity index (χ0v) is 15.2. The molecule has 0 fully saturated rings. The molecule has 0 saturated carbocycles. The lowest BCUT2D eigenvalue weighted by molar-refractivity contribution is -0.125. The van der Waals surface area contributed by atoms with Crippen molar-refractivity contribution < 1.29 is 14.6 Å². The fourth-order valence-electron chi connectivity index (χ4n) is 3.20. The predicted molar refractivity (Wildman–Crippen MR) is 104 cm³/mol. The van der Waals surface area contributed by atoms with Crippen LogP contribution in [0, 0.1) is 12.8 Å². The van der Waals surface area contributed by atoms with E-state index in [1.165, 1.54) is 6.08 Å². The maximum absolute atomic E-state index is 12.6. The summed E-state index contributed by atoms with van der Waals surface area (Å²) < 4.78 is 5.84. The zero-order valence-electron chi connectivity index (χ0n) is 15.2. The van der Waals surface area contributed by atoms with Crippen LogP contribution in [-0.4, -0.2) is 16.5 Å². The fraction of sp³-hybridized carbons (Fsp3) is 0.261. The van der Waals surface area contributed by atoms with Crippen molar-refractivity contribution in [2.45, 2.75) is 32.3 Å². The van der Waals surface area contributed by atoms with E-state index in [1.807, 2.05) is 67.6 Å². The SMILES string of the molecule is Cc1cccc(OC2=CC(=O)C(C(C)(O)/C=C/c3ccccc3)CC2)c1. The molecule has 3 rings (SSSR count). The van der Waals surface area contributed by atoms with Crippen molar-refractivity contribution in [2.75, 3.05) is 0 Å². The van der Waals surface area contributed by atoms with Gasteiger partial charge in [-0.25, -0.2) is 0 Å². The first kappa shape index (κ1) is 18.2. The van der Waals surface area contributed by atoms with E-state index in [0.717, 1.165) is 16.9 Å². The molecule has 0 amide bonds. The number of aryl methyl sites for hydroxylation is 1. The highest BCUT2D eigenvalue weighted by atomic mass is 16.5. The van der Waals surface area contributed by atoms with Gasteiger partial charge in [0.25, 0.3) is 0 Å². The van der Waals surface area contributed by atoms with Crippen LogP contribution in [0.1, 0.15) is 30.9 Å². The minimum absolute atomic E-state index is 0.0957. The van der Waals surface area contributed by atoms with Gasteiger partial charge in [0.15, 0.2) is 5.78 Å². The van der Waals surface area contributed by atoms with Crippen LogP contribution in [0.25, 0.3) is 6.08 Å². The molecule has 0 aromatic heterocycles. The molecular weight excluding hydrogens is 324 g/mol. The number of ether oxygens (including phenoxy) is 1. The number of carbonyl (C=O) groups is 1. The van der Waals surface area contributed by atoms with Crippen LogP contribution in [0.3, 0.4) is 0 Å². The molecule has 134 valence electrons. The number of benzene rings is 2. The Morgan fingerprint density at radius 2 is 1.92 bits per heavy atom. The highest BCUT2D eigenvalue weighted by Gasteiger charge is 2.36. The Kier molecular flexibility index (Phi) is 5.38. The number of ketones is 1. The van der Waals surface area contributed by atoms with Crippen LogP contribution >= 0.6 is 0 Å². The molecule has 1 N–H and O–H groups in total. The third-order valence-electron chi connectivity index (χ3n) is 4.68. The molecule has 0 saturated heterocycles. The maximum Gasteiger partial charge on any atom is 0.165 e. The number of allylic oxidation sites excluding steroid dienone is 2. The molecule has 2 aromatic rings. The second-order valence-electron chi connectivity index (χ2n) is 6.99. The molecule has 0 bridgehead atoms. The van der Waals surface area contributed by atoms with Crippen molar-refractivity contribution in [2.24, 2.45) is 5.92 Å². The first-order valence-corrected chi connectivity index (χ1v) is 8.90. The van der Waals surface area contributed by atoms with Crippen LogP contribution in [0.4, 0.5) is 0 Å². The molecule has 1 aliphatic rings. The average Bonchev–Trinajstić information content (AvgIpc) is 2.61. The Hall–Kier alpha value is -2.65. The highest BCUT2D eigenvalue weighted by molar-refractivity contribution is 5.94. The van der Waals surface area contributed by atoms with Gasteiger partial charge in [-0.2, -0.15) is 0 Å². The van der Waals surface area contributed by atoms with Gasteiger partial charge in [0, 0.05) is 12.5 Å². The molecule has 2 unspecified atom stereocenters. The van der Waals surface area contributed by atoms with Crippen molar-refractivity contribution in [3.8, 4) is 5.75 Å². The van der Waals surface area contributed by atoms with Crippen molar-refractivity contribution >= 4 is 11.9 Å². The lowest BCUT2D eigenvalue weighted by Gasteiger charge is -2.31. The Morgan fingerprint density at radius 1 is 1.15 bits per heavy atom. The van der Waals surface area contributed by atoms with Gasteiger partial charge in [-0.05, 0) is 43.5 Å². The zero-order chi connectivity index (χ0) is 18.6. The van der Waals surface area contributed by atoms with Crippen molar-refractivity contribution in [3.05, 3.63) is 83.6 Å². The molecule has 3 nitrogen and oxygen atoms in total. The maximum atomic E-state index is 12.6. The van der Waals surface area contributed by atoms with Crippen LogP contribution in [0.5, 0.6) is 5.75 Å². The molecule has 2 atom stereocenters. The molecule has 1 aliphatic carbocycles. The van der Waals surface area contributed by atoms with Gasteiger partial charge in [0.2, 0.25) is 0 Å². The van der Waals surface area contributed by atoms with Gasteiger partial charge >= 0.3 is 0 Å². The van der Waals surface area contributed by atoms with E-state index < -0.39 is 11.5 Å². The molecule has 2 aromatic carbocycles. The Labute approximate surface area is 154 Å². The van der Waals surface area contributed by atoms with Gasteiger partial charge in [0.1, 0.15) is 11.5 Å². The van der Waals surface area contributed by atoms with Gasteiger partial charge in [-0.3, -0.25) is 4.79 Å². The summed E-state index contributed by atoms with van der Waals surface area (Å²) in [7, 11) is 0. The van der Waals surface area contributed by atoms with E-state index in [9.17, 15) is 9.90 Å². The van der Waals surface area contributed by atoms with Gasteiger partial charge in [-0.15, -0.1) is 0 Å². The Balaban J connectivity index is 1.70. The van der Waals surface area contributed by atoms with E-state index >= 15 is 0 Å². The summed E-state index contributed by atoms with van der Waals surface area (Å²) in [5.41, 5.74) is 0.908. The van der Waals surface area contributed by atoms with Crippen LogP contribution < -0.4 is 4.74 Å². The molecule has 0 aliphatic heterocycles. The third kappa shape index (κ3) is 4.50. The largest absolute Gasteiger partial charge is 0.462 e. The summed E-state index contributed by atoms with van der Waals surface area (Å²) in [5, 5.41) is 10.8. The molecule has 0 spiro atoms. The molecule has 0 heterocycles. The first-order chi connectivity index (χ1) is 12.4. The highest BCUT2D eigenvalue weighted by Crippen LogP contribution is 2.32. The van der Waals surface area contributed by atoms with Gasteiger partial charge in [0.05, 0.1) is 11.5 Å². The molecule has 3 heteroatoms. The predicted octanol–water partition coefficient (Wildman–Crippen LogP) is 4.70. The summed E-state index contributed by atoms with van der Waals surface area (Å²) >= 11 is 0. The van der Waals surface area contributed by atoms with Crippen LogP contribution in [0.15, 0.2) is 72.5 Å². The minimum atomic E-state index is -1.20. The quantitative estimate of drug-likeness (QED) is 0.852. The summed E-state index contributed by atoms with van der Waals surface area (Å²) in [5.74, 6) is 0.826. The summed E-state index contributed by atoms with van der Waals surface area (Å²) in [6.45, 7) is 3.69. The van der Waals surface area contributed by atoms with E-state index in [1.54, 1.807) is 13.0 Å². The second kappa shape index (κ2) is 7.71. The van der Waals surface area contributed by atoms with E-state index in [4.69, 9.17) is 4.74 Å². The summed E-state index contributed by atoms with van der Waals surface area (Å²) in [4.78, 5) is 12.6. The lowest BCUT2D eigenvalue weighted by Crippen LogP contribution is -2.39. The smallest absolute Gasteiger partial charge is 0.165 e. The van der Waals surface area contributed by atoms with Gasteiger partial charge in [-0.1, -0.05) is 54.6 Å². The standard InChI is InChI=1S/C23H24O3/c1-17-7-6-10-19(15-17)26-20-11-12-21(22(24)16-20)23(2,25)14-13-18-8-4-3-5-9-18/h3-10,13-16,21,25H,11-12H2,1-2H3/b14-13+. The normalized spacial score (nSPS) is 19.9. The number of hydrogen-bond acceptors (Lipinski definition) is 3. The van der Waals surface area contributed by atoms with Crippen molar-refractivity contribution in [3.63, 3.8) is 0 Å². The topological polar surface area (TPSA) is 46.5 Å². The van der Waals surface area contributed by atoms with Crippen molar-refractivity contribution in [1.82, 2.24) is 0 Å². The minimum Gasteiger partial charge on any atom is -0.462 e. The lowest BCUT2D eigenvalue weighted by atomic mass is 9.79. The first-order valence-electron chi connectivity index (χ1n) is 8.90. The summed E-state index contributed by atoms with van der Waals surface area (Å²) in [6, 6.07) is 17.5. The van der Waals surface area contributed by atoms with Crippen molar-refractivity contribution in [1.29, 1.82) is 0 Å². The van der Waals surface area contributed by atoms with Crippen LogP contribution in [0.2, 0.25) is 0 Å². The fourth-order valence-corrected chi connectivity index (χ4v) is 3.20. The van der Waals surface area contributed by atoms with E-state index in [-0.39, 0.29) is 5.78 Å². The Bertz CT molecular complexity index is 832. The monoisotopic (exact) mass is 348 g/mol. The molecule has 0 radical (unpaired) electrons. The molecule has 26 heavy (non-hydrogen) atoms. The van der Waals surface area contributed by atoms with Gasteiger partial charge < -0.3 is 9.84 Å². The Morgan fingerprint density at radius 3 is 2.62 bits per heavy atom. The van der Waals surface area contributed by atoms with E-state index in [0.29, 0.717) is 18.6 Å². The number of carbonyl (C=O) groups excluding carboxylic acids is 1. The number of rotatable bonds is 5. The third-order valence-corrected chi connectivity index (χ3v) is 4.68.